The summed E-state index contributed by atoms with van der Waals surface area (Å²) in [6, 6.07) is 17.1. The smallest absolute Gasteiger partial charge is 0.256 e. The molecule has 1 amide bonds. The largest absolute Gasteiger partial charge is 0.495 e. The van der Waals surface area contributed by atoms with Gasteiger partial charge in [-0.2, -0.15) is 0 Å². The van der Waals surface area contributed by atoms with Gasteiger partial charge < -0.3 is 14.5 Å². The van der Waals surface area contributed by atoms with E-state index in [9.17, 15) is 13.2 Å². The second-order valence-corrected chi connectivity index (χ2v) is 9.71. The van der Waals surface area contributed by atoms with E-state index in [1.807, 2.05) is 37.3 Å². The second kappa shape index (κ2) is 8.68. The quantitative estimate of drug-likeness (QED) is 0.455. The third-order valence-corrected chi connectivity index (χ3v) is 6.97. The van der Waals surface area contributed by atoms with Crippen LogP contribution in [-0.2, 0) is 10.0 Å². The molecule has 8 nitrogen and oxygen atoms in total. The van der Waals surface area contributed by atoms with Crippen molar-refractivity contribution in [3.63, 3.8) is 0 Å². The van der Waals surface area contributed by atoms with Crippen LogP contribution in [-0.4, -0.2) is 44.8 Å². The van der Waals surface area contributed by atoms with Gasteiger partial charge in [-0.3, -0.25) is 4.79 Å². The van der Waals surface area contributed by atoms with Crippen molar-refractivity contribution in [1.82, 2.24) is 9.29 Å². The first-order valence-corrected chi connectivity index (χ1v) is 11.5. The fourth-order valence-corrected chi connectivity index (χ4v) is 4.49. The number of pyridine rings is 1. The van der Waals surface area contributed by atoms with E-state index in [0.717, 1.165) is 10.1 Å². The van der Waals surface area contributed by atoms with Crippen LogP contribution in [0.3, 0.4) is 0 Å². The maximum Gasteiger partial charge on any atom is 0.256 e. The summed E-state index contributed by atoms with van der Waals surface area (Å²) >= 11 is 0. The summed E-state index contributed by atoms with van der Waals surface area (Å²) < 4.78 is 37.4. The fourth-order valence-electron chi connectivity index (χ4n) is 3.41. The maximum absolute atomic E-state index is 13.3. The summed E-state index contributed by atoms with van der Waals surface area (Å²) in [4.78, 5) is 17.9. The minimum atomic E-state index is -3.78. The standard InChI is InChI=1S/C24H23N3O5S/c1-15-9-11-21(32-15)20-14-18(17-7-5-6-8-19(17)26-20)24(28)25-16-10-12-22(31-4)23(13-16)33(29,30)27(2)3/h5-14H,1-4H3,(H,25,28). The van der Waals surface area contributed by atoms with E-state index in [1.165, 1.54) is 33.3 Å². The number of anilines is 1. The first kappa shape index (κ1) is 22.5. The number of amides is 1. The number of ether oxygens (including phenoxy) is 1. The number of aromatic nitrogens is 1. The molecule has 0 atom stereocenters. The summed E-state index contributed by atoms with van der Waals surface area (Å²) in [5.74, 6) is 1.07. The molecule has 0 radical (unpaired) electrons. The van der Waals surface area contributed by atoms with E-state index in [1.54, 1.807) is 18.2 Å². The van der Waals surface area contributed by atoms with E-state index in [-0.39, 0.29) is 10.6 Å². The number of para-hydroxylation sites is 1. The lowest BCUT2D eigenvalue weighted by atomic mass is 10.1. The van der Waals surface area contributed by atoms with E-state index in [2.05, 4.69) is 10.3 Å². The highest BCUT2D eigenvalue weighted by atomic mass is 32.2. The predicted molar refractivity (Wildman–Crippen MR) is 126 cm³/mol. The van der Waals surface area contributed by atoms with Crippen LogP contribution in [0.15, 0.2) is 70.0 Å². The van der Waals surface area contributed by atoms with Crippen molar-refractivity contribution >= 4 is 32.5 Å². The van der Waals surface area contributed by atoms with Crippen molar-refractivity contribution in [2.24, 2.45) is 0 Å². The van der Waals surface area contributed by atoms with Crippen LogP contribution < -0.4 is 10.1 Å². The average Bonchev–Trinajstić information content (AvgIpc) is 3.24. The highest BCUT2D eigenvalue weighted by molar-refractivity contribution is 7.89. The number of nitrogens with one attached hydrogen (secondary N) is 1. The number of hydrogen-bond donors (Lipinski definition) is 1. The van der Waals surface area contributed by atoms with Crippen molar-refractivity contribution in [2.75, 3.05) is 26.5 Å². The highest BCUT2D eigenvalue weighted by Gasteiger charge is 2.23. The van der Waals surface area contributed by atoms with Crippen molar-refractivity contribution in [3.05, 3.63) is 72.0 Å². The van der Waals surface area contributed by atoms with Gasteiger partial charge in [0.1, 0.15) is 22.1 Å². The van der Waals surface area contributed by atoms with Crippen LogP contribution in [0.4, 0.5) is 5.69 Å². The van der Waals surface area contributed by atoms with Crippen LogP contribution in [0.25, 0.3) is 22.4 Å². The Morgan fingerprint density at radius 2 is 1.82 bits per heavy atom. The summed E-state index contributed by atoms with van der Waals surface area (Å²) in [7, 11) is 0.472. The Balaban J connectivity index is 1.77. The van der Waals surface area contributed by atoms with Gasteiger partial charge >= 0.3 is 0 Å². The molecule has 2 heterocycles. The topological polar surface area (TPSA) is 102 Å². The first-order valence-electron chi connectivity index (χ1n) is 10.1. The molecule has 4 aromatic rings. The van der Waals surface area contributed by atoms with Gasteiger partial charge in [0, 0.05) is 25.2 Å². The molecule has 0 bridgehead atoms. The summed E-state index contributed by atoms with van der Waals surface area (Å²) in [6.07, 6.45) is 0. The molecule has 0 unspecified atom stereocenters. The Hall–Kier alpha value is -3.69. The zero-order valence-corrected chi connectivity index (χ0v) is 19.4. The molecule has 0 aliphatic rings. The zero-order valence-electron chi connectivity index (χ0n) is 18.6. The van der Waals surface area contributed by atoms with Gasteiger partial charge in [-0.15, -0.1) is 0 Å². The van der Waals surface area contributed by atoms with Crippen molar-refractivity contribution in [2.45, 2.75) is 11.8 Å². The number of aryl methyl sites for hydroxylation is 1. The molecule has 0 saturated heterocycles. The van der Waals surface area contributed by atoms with Crippen LogP contribution >= 0.6 is 0 Å². The number of nitrogens with zero attached hydrogens (tertiary/aromatic N) is 2. The monoisotopic (exact) mass is 465 g/mol. The Morgan fingerprint density at radius 3 is 2.48 bits per heavy atom. The summed E-state index contributed by atoms with van der Waals surface area (Å²) in [5.41, 5.74) is 1.87. The molecule has 33 heavy (non-hydrogen) atoms. The lowest BCUT2D eigenvalue weighted by Gasteiger charge is -2.16. The average molecular weight is 466 g/mol. The SMILES string of the molecule is COc1ccc(NC(=O)c2cc(-c3ccc(C)o3)nc3ccccc23)cc1S(=O)(=O)N(C)C. The van der Waals surface area contributed by atoms with Crippen LogP contribution in [0, 0.1) is 6.92 Å². The van der Waals surface area contributed by atoms with E-state index in [4.69, 9.17) is 9.15 Å². The van der Waals surface area contributed by atoms with Crippen LogP contribution in [0.2, 0.25) is 0 Å². The van der Waals surface area contributed by atoms with Gasteiger partial charge in [0.25, 0.3) is 5.91 Å². The minimum absolute atomic E-state index is 0.0425. The molecule has 0 fully saturated rings. The number of rotatable bonds is 6. The van der Waals surface area contributed by atoms with Gasteiger partial charge in [0.15, 0.2) is 5.76 Å². The summed E-state index contributed by atoms with van der Waals surface area (Å²) in [5, 5.41) is 3.46. The van der Waals surface area contributed by atoms with E-state index >= 15 is 0 Å². The Morgan fingerprint density at radius 1 is 1.06 bits per heavy atom. The van der Waals surface area contributed by atoms with E-state index < -0.39 is 15.9 Å². The van der Waals surface area contributed by atoms with Crippen LogP contribution in [0.5, 0.6) is 5.75 Å². The van der Waals surface area contributed by atoms with Crippen LogP contribution in [0.1, 0.15) is 16.1 Å². The second-order valence-electron chi connectivity index (χ2n) is 7.59. The molecule has 2 aromatic carbocycles. The molecule has 9 heteroatoms. The molecular formula is C24H23N3O5S. The highest BCUT2D eigenvalue weighted by Crippen LogP contribution is 2.30. The Bertz CT molecular complexity index is 1460. The molecule has 4 rings (SSSR count). The van der Waals surface area contributed by atoms with E-state index in [0.29, 0.717) is 33.6 Å². The van der Waals surface area contributed by atoms with Gasteiger partial charge in [0.05, 0.1) is 18.2 Å². The molecule has 0 spiro atoms. The van der Waals surface area contributed by atoms with Crippen molar-refractivity contribution in [3.8, 4) is 17.2 Å². The lowest BCUT2D eigenvalue weighted by molar-refractivity contribution is 0.102. The predicted octanol–water partition coefficient (Wildman–Crippen LogP) is 4.31. The Labute approximate surface area is 191 Å². The zero-order chi connectivity index (χ0) is 23.8. The number of fused-ring (bicyclic) bond motifs is 1. The maximum atomic E-state index is 13.3. The summed E-state index contributed by atoms with van der Waals surface area (Å²) in [6.45, 7) is 1.83. The third kappa shape index (κ3) is 4.33. The number of sulfonamides is 1. The number of benzene rings is 2. The number of carbonyl (C=O) groups is 1. The molecule has 2 aromatic heterocycles. The van der Waals surface area contributed by atoms with Gasteiger partial charge in [-0.25, -0.2) is 17.7 Å². The molecule has 0 saturated carbocycles. The molecule has 0 aliphatic heterocycles. The normalized spacial score (nSPS) is 11.7. The fraction of sp³-hybridized carbons (Fsp3) is 0.167. The lowest BCUT2D eigenvalue weighted by Crippen LogP contribution is -2.23. The molecule has 170 valence electrons. The molecule has 1 N–H and O–H groups in total. The minimum Gasteiger partial charge on any atom is -0.495 e. The van der Waals surface area contributed by atoms with Gasteiger partial charge in [-0.1, -0.05) is 18.2 Å². The number of furan rings is 1. The number of hydrogen-bond acceptors (Lipinski definition) is 6. The molecular weight excluding hydrogens is 442 g/mol. The third-order valence-electron chi connectivity index (χ3n) is 5.13. The number of carbonyl (C=O) groups excluding carboxylic acids is 1. The number of methoxy groups -OCH3 is 1. The first-order chi connectivity index (χ1) is 15.7. The van der Waals surface area contributed by atoms with Crippen molar-refractivity contribution < 1.29 is 22.4 Å². The van der Waals surface area contributed by atoms with Gasteiger partial charge in [0.2, 0.25) is 10.0 Å². The Kier molecular flexibility index (Phi) is 5.92. The van der Waals surface area contributed by atoms with Crippen molar-refractivity contribution in [1.29, 1.82) is 0 Å². The van der Waals surface area contributed by atoms with Gasteiger partial charge in [-0.05, 0) is 49.4 Å². The molecule has 0 aliphatic carbocycles.